The predicted molar refractivity (Wildman–Crippen MR) is 108 cm³/mol. The number of rotatable bonds is 6. The van der Waals surface area contributed by atoms with Crippen molar-refractivity contribution in [3.8, 4) is 0 Å². The van der Waals surface area contributed by atoms with Crippen LogP contribution in [0.15, 0.2) is 24.3 Å². The highest BCUT2D eigenvalue weighted by Crippen LogP contribution is 2.47. The number of hydrogen-bond acceptors (Lipinski definition) is 6. The molecular formula is C21H27N3O3S. The van der Waals surface area contributed by atoms with Gasteiger partial charge in [-0.25, -0.2) is 4.98 Å². The number of thiazole rings is 1. The lowest BCUT2D eigenvalue weighted by Gasteiger charge is -2.33. The molecule has 28 heavy (non-hydrogen) atoms. The number of nitrogens with one attached hydrogen (secondary N) is 1. The smallest absolute Gasteiger partial charge is 0.222 e. The maximum atomic E-state index is 12.8. The van der Waals surface area contributed by atoms with Gasteiger partial charge in [0, 0.05) is 44.5 Å². The van der Waals surface area contributed by atoms with Crippen molar-refractivity contribution in [3.05, 3.63) is 29.3 Å². The average Bonchev–Trinajstić information content (AvgIpc) is 3.32. The third-order valence-electron chi connectivity index (χ3n) is 6.63. The molecule has 0 saturated carbocycles. The van der Waals surface area contributed by atoms with Gasteiger partial charge in [-0.2, -0.15) is 0 Å². The number of aliphatic hydroxyl groups is 1. The summed E-state index contributed by atoms with van der Waals surface area (Å²) in [6.07, 6.45) is 3.46. The fraction of sp³-hybridized carbons (Fsp3) is 0.619. The molecule has 4 atom stereocenters. The van der Waals surface area contributed by atoms with E-state index in [9.17, 15) is 9.90 Å². The Morgan fingerprint density at radius 2 is 2.29 bits per heavy atom. The zero-order valence-electron chi connectivity index (χ0n) is 16.0. The summed E-state index contributed by atoms with van der Waals surface area (Å²) in [6, 6.07) is 8.22. The highest BCUT2D eigenvalue weighted by atomic mass is 32.1. The molecule has 150 valence electrons. The maximum Gasteiger partial charge on any atom is 0.222 e. The van der Waals surface area contributed by atoms with Crippen LogP contribution in [0.5, 0.6) is 0 Å². The molecule has 1 aromatic carbocycles. The van der Waals surface area contributed by atoms with Crippen molar-refractivity contribution in [1.29, 1.82) is 0 Å². The fourth-order valence-electron chi connectivity index (χ4n) is 5.23. The van der Waals surface area contributed by atoms with Crippen LogP contribution in [0, 0.1) is 11.8 Å². The number of aliphatic hydroxyl groups excluding tert-OH is 1. The number of likely N-dealkylation sites (tertiary alicyclic amines) is 1. The monoisotopic (exact) mass is 401 g/mol. The Labute approximate surface area is 168 Å². The first-order valence-corrected chi connectivity index (χ1v) is 11.1. The van der Waals surface area contributed by atoms with Crippen LogP contribution in [0.4, 0.5) is 0 Å². The molecule has 3 fully saturated rings. The summed E-state index contributed by atoms with van der Waals surface area (Å²) < 4.78 is 7.51. The molecule has 2 aromatic rings. The number of amides is 1. The number of nitrogens with zero attached hydrogens (tertiary/aromatic N) is 2. The molecule has 2 bridgehead atoms. The van der Waals surface area contributed by atoms with Gasteiger partial charge in [-0.15, -0.1) is 11.3 Å². The number of para-hydroxylation sites is 1. The van der Waals surface area contributed by atoms with Gasteiger partial charge in [-0.1, -0.05) is 12.1 Å². The van der Waals surface area contributed by atoms with Crippen molar-refractivity contribution in [2.24, 2.45) is 11.8 Å². The Morgan fingerprint density at radius 3 is 3.14 bits per heavy atom. The second kappa shape index (κ2) is 7.37. The Kier molecular flexibility index (Phi) is 4.87. The quantitative estimate of drug-likeness (QED) is 0.723. The number of carbonyl (C=O) groups excluding carboxylic acids is 1. The summed E-state index contributed by atoms with van der Waals surface area (Å²) in [4.78, 5) is 19.4. The maximum absolute atomic E-state index is 12.8. The van der Waals surface area contributed by atoms with E-state index in [-0.39, 0.29) is 36.1 Å². The van der Waals surface area contributed by atoms with E-state index in [0.717, 1.165) is 49.4 Å². The van der Waals surface area contributed by atoms with Crippen molar-refractivity contribution in [1.82, 2.24) is 15.2 Å². The molecule has 5 rings (SSSR count). The standard InChI is InChI=1S/C21H27N3O3S/c25-11-14-15-10-24(13-21(15)12-22-9-17(14)27-21)20(26)8-4-3-7-19-23-16-5-1-2-6-18(16)28-19/h1-2,5-6,14-15,17,22,25H,3-4,7-13H2/t14-,15+,17+,21+/m0/s1. The number of morpholine rings is 1. The van der Waals surface area contributed by atoms with E-state index in [1.807, 2.05) is 17.0 Å². The molecular weight excluding hydrogens is 374 g/mol. The van der Waals surface area contributed by atoms with Gasteiger partial charge in [0.05, 0.1) is 27.9 Å². The summed E-state index contributed by atoms with van der Waals surface area (Å²) >= 11 is 1.75. The van der Waals surface area contributed by atoms with Crippen molar-refractivity contribution in [3.63, 3.8) is 0 Å². The van der Waals surface area contributed by atoms with Gasteiger partial charge < -0.3 is 20.1 Å². The average molecular weight is 402 g/mol. The number of carbonyl (C=O) groups is 1. The first-order chi connectivity index (χ1) is 13.7. The summed E-state index contributed by atoms with van der Waals surface area (Å²) in [7, 11) is 0. The normalized spacial score (nSPS) is 31.5. The molecule has 1 amide bonds. The molecule has 0 unspecified atom stereocenters. The minimum atomic E-state index is -0.285. The molecule has 3 aliphatic heterocycles. The van der Waals surface area contributed by atoms with E-state index in [0.29, 0.717) is 13.0 Å². The summed E-state index contributed by atoms with van der Waals surface area (Å²) in [5.74, 6) is 0.617. The lowest BCUT2D eigenvalue weighted by molar-refractivity contribution is -0.133. The predicted octanol–water partition coefficient (Wildman–Crippen LogP) is 1.82. The minimum Gasteiger partial charge on any atom is -0.396 e. The summed E-state index contributed by atoms with van der Waals surface area (Å²) in [5, 5.41) is 14.4. The first-order valence-electron chi connectivity index (χ1n) is 10.3. The molecule has 2 N–H and O–H groups in total. The summed E-state index contributed by atoms with van der Waals surface area (Å²) in [6.45, 7) is 3.12. The number of hydrogen-bond donors (Lipinski definition) is 2. The third kappa shape index (κ3) is 3.14. The van der Waals surface area contributed by atoms with Crippen LogP contribution in [-0.4, -0.2) is 65.4 Å². The van der Waals surface area contributed by atoms with E-state index in [1.165, 1.54) is 4.70 Å². The zero-order chi connectivity index (χ0) is 19.1. The Morgan fingerprint density at radius 1 is 1.39 bits per heavy atom. The molecule has 0 radical (unpaired) electrons. The molecule has 7 heteroatoms. The van der Waals surface area contributed by atoms with Crippen molar-refractivity contribution in [2.45, 2.75) is 37.4 Å². The topological polar surface area (TPSA) is 74.7 Å². The highest BCUT2D eigenvalue weighted by molar-refractivity contribution is 7.18. The van der Waals surface area contributed by atoms with E-state index in [1.54, 1.807) is 11.3 Å². The SMILES string of the molecule is O=C(CCCCc1nc2ccccc2s1)N1C[C@@H]2[C@H](CO)[C@H]3CNC[C@]2(C1)O3. The van der Waals surface area contributed by atoms with Crippen LogP contribution in [0.25, 0.3) is 10.2 Å². The van der Waals surface area contributed by atoms with E-state index >= 15 is 0 Å². The van der Waals surface area contributed by atoms with E-state index in [2.05, 4.69) is 22.4 Å². The molecule has 3 aliphatic rings. The summed E-state index contributed by atoms with van der Waals surface area (Å²) in [5.41, 5.74) is 0.784. The molecule has 3 saturated heterocycles. The molecule has 0 aliphatic carbocycles. The lowest BCUT2D eigenvalue weighted by Crippen LogP contribution is -2.52. The molecule has 1 aromatic heterocycles. The number of aryl methyl sites for hydroxylation is 1. The Hall–Kier alpha value is -1.54. The van der Waals surface area contributed by atoms with Crippen molar-refractivity contribution >= 4 is 27.5 Å². The largest absolute Gasteiger partial charge is 0.396 e. The Balaban J connectivity index is 1.13. The van der Waals surface area contributed by atoms with Crippen LogP contribution in [0.2, 0.25) is 0 Å². The molecule has 1 spiro atoms. The second-order valence-corrected chi connectivity index (χ2v) is 9.48. The second-order valence-electron chi connectivity index (χ2n) is 8.36. The van der Waals surface area contributed by atoms with Crippen molar-refractivity contribution < 1.29 is 14.6 Å². The van der Waals surface area contributed by atoms with Crippen LogP contribution < -0.4 is 5.32 Å². The molecule has 4 heterocycles. The van der Waals surface area contributed by atoms with E-state index < -0.39 is 0 Å². The van der Waals surface area contributed by atoms with Gasteiger partial charge in [0.1, 0.15) is 5.60 Å². The van der Waals surface area contributed by atoms with Gasteiger partial charge >= 0.3 is 0 Å². The van der Waals surface area contributed by atoms with Gasteiger partial charge in [0.25, 0.3) is 0 Å². The lowest BCUT2D eigenvalue weighted by atomic mass is 9.83. The number of benzene rings is 1. The van der Waals surface area contributed by atoms with Gasteiger partial charge in [0.15, 0.2) is 0 Å². The van der Waals surface area contributed by atoms with Crippen LogP contribution >= 0.6 is 11.3 Å². The Bertz CT molecular complexity index is 838. The van der Waals surface area contributed by atoms with Crippen LogP contribution in [-0.2, 0) is 16.0 Å². The highest BCUT2D eigenvalue weighted by Gasteiger charge is 2.61. The van der Waals surface area contributed by atoms with Crippen LogP contribution in [0.3, 0.4) is 0 Å². The van der Waals surface area contributed by atoms with Crippen molar-refractivity contribution in [2.75, 3.05) is 32.8 Å². The van der Waals surface area contributed by atoms with E-state index in [4.69, 9.17) is 4.74 Å². The van der Waals surface area contributed by atoms with Gasteiger partial charge in [-0.05, 0) is 31.4 Å². The van der Waals surface area contributed by atoms with Gasteiger partial charge in [0.2, 0.25) is 5.91 Å². The number of aromatic nitrogens is 1. The van der Waals surface area contributed by atoms with Gasteiger partial charge in [-0.3, -0.25) is 4.79 Å². The number of fused-ring (bicyclic) bond motifs is 2. The fourth-order valence-corrected chi connectivity index (χ4v) is 6.24. The number of unbranched alkanes of at least 4 members (excludes halogenated alkanes) is 1. The minimum absolute atomic E-state index is 0.0924. The molecule has 6 nitrogen and oxygen atoms in total. The first kappa shape index (κ1) is 18.5. The number of ether oxygens (including phenoxy) is 1. The third-order valence-corrected chi connectivity index (χ3v) is 7.73. The zero-order valence-corrected chi connectivity index (χ0v) is 16.8. The van der Waals surface area contributed by atoms with Crippen LogP contribution in [0.1, 0.15) is 24.3 Å².